The number of benzene rings is 1. The molecule has 2 aromatic heterocycles. The Morgan fingerprint density at radius 1 is 1.26 bits per heavy atom. The van der Waals surface area contributed by atoms with E-state index in [0.717, 1.165) is 22.3 Å². The van der Waals surface area contributed by atoms with Crippen molar-refractivity contribution in [3.8, 4) is 11.3 Å². The van der Waals surface area contributed by atoms with Crippen LogP contribution in [0.15, 0.2) is 48.9 Å². The number of hydrogen-bond donors (Lipinski definition) is 1. The van der Waals surface area contributed by atoms with Crippen molar-refractivity contribution < 1.29 is 0 Å². The molecular weight excluding hydrogens is 258 g/mol. The van der Waals surface area contributed by atoms with Gasteiger partial charge in [-0.3, -0.25) is 4.40 Å². The predicted molar refractivity (Wildman–Crippen MR) is 78.2 cm³/mol. The zero-order valence-corrected chi connectivity index (χ0v) is 11.3. The molecule has 0 aliphatic heterocycles. The smallest absolute Gasteiger partial charge is 0.0997 e. The van der Waals surface area contributed by atoms with Crippen molar-refractivity contribution in [3.05, 3.63) is 59.5 Å². The lowest BCUT2D eigenvalue weighted by molar-refractivity contribution is 0.812. The summed E-state index contributed by atoms with van der Waals surface area (Å²) in [6.45, 7) is 1.96. The van der Waals surface area contributed by atoms with Crippen molar-refractivity contribution in [1.82, 2.24) is 9.38 Å². The Bertz CT molecular complexity index is 717. The Kier molecular flexibility index (Phi) is 3.01. The third-order valence-electron chi connectivity index (χ3n) is 3.22. The van der Waals surface area contributed by atoms with Gasteiger partial charge < -0.3 is 5.73 Å². The monoisotopic (exact) mass is 271 g/mol. The highest BCUT2D eigenvalue weighted by molar-refractivity contribution is 6.34. The Balaban J connectivity index is 2.41. The van der Waals surface area contributed by atoms with Crippen LogP contribution in [0.4, 0.5) is 0 Å². The summed E-state index contributed by atoms with van der Waals surface area (Å²) in [6.07, 6.45) is 3.54. The summed E-state index contributed by atoms with van der Waals surface area (Å²) >= 11 is 6.29. The average Bonchev–Trinajstić information content (AvgIpc) is 2.89. The van der Waals surface area contributed by atoms with Crippen LogP contribution >= 0.6 is 11.6 Å². The standard InChI is InChI=1S/C15H14ClN3/c1-10(17)12-7-13(16)14-8-18-9-19(14)15(12)11-5-3-2-4-6-11/h2-10H,17H2,1H3. The molecule has 0 spiro atoms. The second kappa shape index (κ2) is 4.68. The van der Waals surface area contributed by atoms with E-state index in [-0.39, 0.29) is 6.04 Å². The number of imidazole rings is 1. The van der Waals surface area contributed by atoms with E-state index in [9.17, 15) is 0 Å². The number of nitrogens with two attached hydrogens (primary N) is 1. The summed E-state index contributed by atoms with van der Waals surface area (Å²) in [6, 6.07) is 12.0. The van der Waals surface area contributed by atoms with Crippen LogP contribution in [0.2, 0.25) is 5.02 Å². The Morgan fingerprint density at radius 3 is 2.68 bits per heavy atom. The third-order valence-corrected chi connectivity index (χ3v) is 3.52. The quantitative estimate of drug-likeness (QED) is 0.773. The van der Waals surface area contributed by atoms with Gasteiger partial charge in [-0.1, -0.05) is 41.9 Å². The van der Waals surface area contributed by atoms with Crippen LogP contribution in [-0.4, -0.2) is 9.38 Å². The van der Waals surface area contributed by atoms with E-state index in [0.29, 0.717) is 5.02 Å². The van der Waals surface area contributed by atoms with E-state index < -0.39 is 0 Å². The van der Waals surface area contributed by atoms with Gasteiger partial charge in [0.15, 0.2) is 0 Å². The fourth-order valence-corrected chi connectivity index (χ4v) is 2.57. The van der Waals surface area contributed by atoms with E-state index in [2.05, 4.69) is 17.1 Å². The zero-order valence-electron chi connectivity index (χ0n) is 10.5. The number of aromatic nitrogens is 2. The number of rotatable bonds is 2. The highest BCUT2D eigenvalue weighted by Crippen LogP contribution is 2.32. The molecule has 0 aliphatic rings. The summed E-state index contributed by atoms with van der Waals surface area (Å²) in [5.41, 5.74) is 10.2. The van der Waals surface area contributed by atoms with E-state index >= 15 is 0 Å². The zero-order chi connectivity index (χ0) is 13.4. The van der Waals surface area contributed by atoms with Crippen LogP contribution in [-0.2, 0) is 0 Å². The van der Waals surface area contributed by atoms with Crippen LogP contribution in [0, 0.1) is 0 Å². The van der Waals surface area contributed by atoms with Crippen LogP contribution in [0.5, 0.6) is 0 Å². The van der Waals surface area contributed by atoms with E-state index in [1.807, 2.05) is 35.6 Å². The molecule has 1 unspecified atom stereocenters. The van der Waals surface area contributed by atoms with Gasteiger partial charge in [0.05, 0.1) is 28.8 Å². The molecule has 1 aromatic carbocycles. The van der Waals surface area contributed by atoms with Crippen LogP contribution in [0.25, 0.3) is 16.8 Å². The lowest BCUT2D eigenvalue weighted by atomic mass is 10.0. The summed E-state index contributed by atoms with van der Waals surface area (Å²) in [4.78, 5) is 4.19. The van der Waals surface area contributed by atoms with E-state index in [4.69, 9.17) is 17.3 Å². The normalized spacial score (nSPS) is 12.8. The average molecular weight is 272 g/mol. The molecule has 19 heavy (non-hydrogen) atoms. The lowest BCUT2D eigenvalue weighted by Gasteiger charge is -2.16. The maximum atomic E-state index is 6.29. The first-order valence-corrected chi connectivity index (χ1v) is 6.51. The number of halogens is 1. The Morgan fingerprint density at radius 2 is 2.00 bits per heavy atom. The number of hydrogen-bond acceptors (Lipinski definition) is 2. The number of pyridine rings is 1. The van der Waals surface area contributed by atoms with E-state index in [1.54, 1.807) is 12.5 Å². The van der Waals surface area contributed by atoms with Gasteiger partial charge in [0.25, 0.3) is 0 Å². The highest BCUT2D eigenvalue weighted by atomic mass is 35.5. The first-order valence-electron chi connectivity index (χ1n) is 6.14. The van der Waals surface area contributed by atoms with Gasteiger partial charge in [0, 0.05) is 6.04 Å². The van der Waals surface area contributed by atoms with Gasteiger partial charge in [0.1, 0.15) is 0 Å². The fraction of sp³-hybridized carbons (Fsp3) is 0.133. The number of nitrogens with zero attached hydrogens (tertiary/aromatic N) is 2. The van der Waals surface area contributed by atoms with Crippen molar-refractivity contribution >= 4 is 17.1 Å². The molecule has 0 saturated heterocycles. The van der Waals surface area contributed by atoms with Gasteiger partial charge in [-0.25, -0.2) is 4.98 Å². The second-order valence-corrected chi connectivity index (χ2v) is 5.01. The molecule has 3 aromatic rings. The molecule has 1 atom stereocenters. The summed E-state index contributed by atoms with van der Waals surface area (Å²) in [7, 11) is 0. The van der Waals surface area contributed by atoms with Gasteiger partial charge >= 0.3 is 0 Å². The van der Waals surface area contributed by atoms with Crippen LogP contribution in [0.1, 0.15) is 18.5 Å². The summed E-state index contributed by atoms with van der Waals surface area (Å²) in [5.74, 6) is 0. The van der Waals surface area contributed by atoms with Crippen molar-refractivity contribution in [2.45, 2.75) is 13.0 Å². The van der Waals surface area contributed by atoms with Crippen LogP contribution in [0.3, 0.4) is 0 Å². The maximum absolute atomic E-state index is 6.29. The minimum absolute atomic E-state index is 0.0977. The first-order chi connectivity index (χ1) is 9.18. The molecule has 3 rings (SSSR count). The van der Waals surface area contributed by atoms with Crippen molar-refractivity contribution in [3.63, 3.8) is 0 Å². The van der Waals surface area contributed by atoms with E-state index in [1.165, 1.54) is 0 Å². The number of fused-ring (bicyclic) bond motifs is 1. The predicted octanol–water partition coefficient (Wildman–Crippen LogP) is 3.67. The Hall–Kier alpha value is -1.84. The minimum Gasteiger partial charge on any atom is -0.324 e. The van der Waals surface area contributed by atoms with Gasteiger partial charge in [0.2, 0.25) is 0 Å². The maximum Gasteiger partial charge on any atom is 0.0997 e. The minimum atomic E-state index is -0.0977. The van der Waals surface area contributed by atoms with Crippen molar-refractivity contribution in [2.24, 2.45) is 5.73 Å². The fourth-order valence-electron chi connectivity index (χ4n) is 2.32. The Labute approximate surface area is 116 Å². The highest BCUT2D eigenvalue weighted by Gasteiger charge is 2.15. The molecule has 0 amide bonds. The molecule has 2 heterocycles. The lowest BCUT2D eigenvalue weighted by Crippen LogP contribution is -2.09. The molecule has 2 N–H and O–H groups in total. The molecule has 96 valence electrons. The summed E-state index contributed by atoms with van der Waals surface area (Å²) < 4.78 is 2.00. The molecular formula is C15H14ClN3. The van der Waals surface area contributed by atoms with Gasteiger partial charge in [-0.15, -0.1) is 0 Å². The second-order valence-electron chi connectivity index (χ2n) is 4.60. The molecule has 0 aliphatic carbocycles. The van der Waals surface area contributed by atoms with Crippen molar-refractivity contribution in [1.29, 1.82) is 0 Å². The molecule has 0 saturated carbocycles. The van der Waals surface area contributed by atoms with Gasteiger partial charge in [-0.2, -0.15) is 0 Å². The van der Waals surface area contributed by atoms with Crippen molar-refractivity contribution in [2.75, 3.05) is 0 Å². The van der Waals surface area contributed by atoms with Crippen LogP contribution < -0.4 is 5.73 Å². The largest absolute Gasteiger partial charge is 0.324 e. The first kappa shape index (κ1) is 12.2. The SMILES string of the molecule is CC(N)c1cc(Cl)c2cncn2c1-c1ccccc1. The summed E-state index contributed by atoms with van der Waals surface area (Å²) in [5, 5.41) is 0.671. The molecule has 0 fully saturated rings. The molecule has 0 bridgehead atoms. The molecule has 0 radical (unpaired) electrons. The third kappa shape index (κ3) is 2.01. The van der Waals surface area contributed by atoms with Gasteiger partial charge in [-0.05, 0) is 24.1 Å². The molecule has 3 nitrogen and oxygen atoms in total. The topological polar surface area (TPSA) is 43.3 Å². The molecule has 4 heteroatoms.